The van der Waals surface area contributed by atoms with Crippen molar-refractivity contribution in [1.82, 2.24) is 0 Å². The van der Waals surface area contributed by atoms with E-state index in [9.17, 15) is 9.59 Å². The Labute approximate surface area is 193 Å². The highest BCUT2D eigenvalue weighted by atomic mass is 16.2. The summed E-state index contributed by atoms with van der Waals surface area (Å²) >= 11 is 0. The molecule has 0 atom stereocenters. The minimum Gasteiger partial charge on any atom is -0.326 e. The van der Waals surface area contributed by atoms with Crippen LogP contribution in [0, 0.1) is 6.92 Å². The highest BCUT2D eigenvalue weighted by Gasteiger charge is 2.27. The van der Waals surface area contributed by atoms with E-state index in [-0.39, 0.29) is 18.2 Å². The number of carbonyl (C=O) groups excluding carboxylic acids is 2. The van der Waals surface area contributed by atoms with Crippen molar-refractivity contribution >= 4 is 23.2 Å². The molecule has 1 N–H and O–H groups in total. The van der Waals surface area contributed by atoms with Crippen LogP contribution in [0.5, 0.6) is 0 Å². The van der Waals surface area contributed by atoms with Crippen LogP contribution in [-0.2, 0) is 17.8 Å². The maximum atomic E-state index is 13.5. The zero-order valence-corrected chi connectivity index (χ0v) is 18.4. The van der Waals surface area contributed by atoms with Crippen molar-refractivity contribution in [2.45, 2.75) is 19.9 Å². The maximum absolute atomic E-state index is 13.5. The van der Waals surface area contributed by atoms with Crippen molar-refractivity contribution in [3.05, 3.63) is 119 Å². The molecule has 0 bridgehead atoms. The number of amides is 2. The Bertz CT molecular complexity index is 1340. The molecule has 0 spiro atoms. The van der Waals surface area contributed by atoms with E-state index in [0.717, 1.165) is 33.6 Å². The highest BCUT2D eigenvalue weighted by Crippen LogP contribution is 2.39. The Morgan fingerprint density at radius 3 is 2.30 bits per heavy atom. The molecule has 0 saturated heterocycles. The van der Waals surface area contributed by atoms with Crippen molar-refractivity contribution in [1.29, 1.82) is 0 Å². The first-order valence-electron chi connectivity index (χ1n) is 11.0. The van der Waals surface area contributed by atoms with Gasteiger partial charge in [0.05, 0.1) is 18.7 Å². The molecule has 5 rings (SSSR count). The molecule has 162 valence electrons. The van der Waals surface area contributed by atoms with Crippen molar-refractivity contribution in [2.24, 2.45) is 0 Å². The van der Waals surface area contributed by atoms with Crippen LogP contribution in [0.15, 0.2) is 97.1 Å². The van der Waals surface area contributed by atoms with Gasteiger partial charge in [0.25, 0.3) is 5.91 Å². The molecule has 1 aliphatic heterocycles. The number of rotatable bonds is 4. The van der Waals surface area contributed by atoms with E-state index < -0.39 is 0 Å². The Hall–Kier alpha value is -4.18. The van der Waals surface area contributed by atoms with Crippen molar-refractivity contribution in [3.63, 3.8) is 0 Å². The molecule has 0 aromatic heterocycles. The molecular weight excluding hydrogens is 408 g/mol. The van der Waals surface area contributed by atoms with Crippen LogP contribution < -0.4 is 10.2 Å². The number of fused-ring (bicyclic) bond motifs is 3. The molecule has 4 nitrogen and oxygen atoms in total. The van der Waals surface area contributed by atoms with E-state index in [1.54, 1.807) is 0 Å². The SMILES string of the molecule is Cc1cc(C(=O)N2Cc3ccccc3-c3ccccc32)ccc1CC(=O)Nc1ccccc1. The second-order valence-electron chi connectivity index (χ2n) is 8.30. The van der Waals surface area contributed by atoms with Gasteiger partial charge in [-0.25, -0.2) is 0 Å². The monoisotopic (exact) mass is 432 g/mol. The van der Waals surface area contributed by atoms with Gasteiger partial charge < -0.3 is 10.2 Å². The van der Waals surface area contributed by atoms with E-state index in [4.69, 9.17) is 0 Å². The van der Waals surface area contributed by atoms with Gasteiger partial charge in [-0.15, -0.1) is 0 Å². The summed E-state index contributed by atoms with van der Waals surface area (Å²) in [6.07, 6.45) is 0.259. The second kappa shape index (κ2) is 8.75. The first kappa shape index (κ1) is 20.7. The van der Waals surface area contributed by atoms with Gasteiger partial charge in [0.1, 0.15) is 0 Å². The van der Waals surface area contributed by atoms with Gasteiger partial charge >= 0.3 is 0 Å². The van der Waals surface area contributed by atoms with Gasteiger partial charge in [-0.05, 0) is 59.5 Å². The average molecular weight is 433 g/mol. The molecule has 0 saturated carbocycles. The fraction of sp³-hybridized carbons (Fsp3) is 0.103. The molecule has 0 radical (unpaired) electrons. The number of nitrogens with one attached hydrogen (secondary N) is 1. The lowest BCUT2D eigenvalue weighted by Crippen LogP contribution is -2.33. The summed E-state index contributed by atoms with van der Waals surface area (Å²) in [4.78, 5) is 27.9. The van der Waals surface area contributed by atoms with Crippen molar-refractivity contribution in [3.8, 4) is 11.1 Å². The number of benzene rings is 4. The third-order valence-corrected chi connectivity index (χ3v) is 6.07. The fourth-order valence-corrected chi connectivity index (χ4v) is 4.38. The summed E-state index contributed by atoms with van der Waals surface area (Å²) < 4.78 is 0. The predicted molar refractivity (Wildman–Crippen MR) is 132 cm³/mol. The van der Waals surface area contributed by atoms with E-state index in [0.29, 0.717) is 12.1 Å². The maximum Gasteiger partial charge on any atom is 0.258 e. The number of para-hydroxylation sites is 2. The average Bonchev–Trinajstić information content (AvgIpc) is 2.85. The van der Waals surface area contributed by atoms with Crippen LogP contribution in [0.2, 0.25) is 0 Å². The lowest BCUT2D eigenvalue weighted by molar-refractivity contribution is -0.115. The van der Waals surface area contributed by atoms with Crippen LogP contribution in [0.4, 0.5) is 11.4 Å². The van der Waals surface area contributed by atoms with Crippen molar-refractivity contribution in [2.75, 3.05) is 10.2 Å². The molecule has 0 unspecified atom stereocenters. The number of hydrogen-bond acceptors (Lipinski definition) is 2. The van der Waals surface area contributed by atoms with Crippen LogP contribution in [0.1, 0.15) is 27.0 Å². The third-order valence-electron chi connectivity index (χ3n) is 6.07. The van der Waals surface area contributed by atoms with E-state index in [1.165, 1.54) is 5.56 Å². The minimum absolute atomic E-state index is 0.0414. The topological polar surface area (TPSA) is 49.4 Å². The number of aryl methyl sites for hydroxylation is 1. The fourth-order valence-electron chi connectivity index (χ4n) is 4.38. The van der Waals surface area contributed by atoms with E-state index in [1.807, 2.05) is 90.7 Å². The Morgan fingerprint density at radius 2 is 1.52 bits per heavy atom. The number of carbonyl (C=O) groups is 2. The largest absolute Gasteiger partial charge is 0.326 e. The number of anilines is 2. The second-order valence-corrected chi connectivity index (χ2v) is 8.30. The predicted octanol–water partition coefficient (Wildman–Crippen LogP) is 6.00. The first-order valence-corrected chi connectivity index (χ1v) is 11.0. The van der Waals surface area contributed by atoms with Crippen LogP contribution >= 0.6 is 0 Å². The van der Waals surface area contributed by atoms with Crippen LogP contribution in [-0.4, -0.2) is 11.8 Å². The van der Waals surface area contributed by atoms with Gasteiger partial charge in [-0.2, -0.15) is 0 Å². The van der Waals surface area contributed by atoms with Gasteiger partial charge in [-0.1, -0.05) is 66.7 Å². The van der Waals surface area contributed by atoms with Crippen LogP contribution in [0.25, 0.3) is 11.1 Å². The molecule has 4 aromatic rings. The highest BCUT2D eigenvalue weighted by molar-refractivity contribution is 6.09. The summed E-state index contributed by atoms with van der Waals surface area (Å²) in [7, 11) is 0. The Morgan fingerprint density at radius 1 is 0.818 bits per heavy atom. The summed E-state index contributed by atoms with van der Waals surface area (Å²) in [5, 5.41) is 2.91. The minimum atomic E-state index is -0.0788. The normalized spacial score (nSPS) is 12.0. The third kappa shape index (κ3) is 4.15. The molecule has 0 aliphatic carbocycles. The van der Waals surface area contributed by atoms with Gasteiger partial charge in [0.15, 0.2) is 0 Å². The summed E-state index contributed by atoms with van der Waals surface area (Å²) in [5.74, 6) is -0.120. The zero-order chi connectivity index (χ0) is 22.8. The molecule has 4 heteroatoms. The first-order chi connectivity index (χ1) is 16.1. The Kier molecular flexibility index (Phi) is 5.49. The molecule has 1 heterocycles. The van der Waals surface area contributed by atoms with Gasteiger partial charge in [-0.3, -0.25) is 9.59 Å². The molecule has 1 aliphatic rings. The van der Waals surface area contributed by atoms with Crippen LogP contribution in [0.3, 0.4) is 0 Å². The smallest absolute Gasteiger partial charge is 0.258 e. The number of hydrogen-bond donors (Lipinski definition) is 1. The zero-order valence-electron chi connectivity index (χ0n) is 18.4. The molecule has 33 heavy (non-hydrogen) atoms. The lowest BCUT2D eigenvalue weighted by atomic mass is 9.92. The van der Waals surface area contributed by atoms with E-state index >= 15 is 0 Å². The van der Waals surface area contributed by atoms with Gasteiger partial charge in [0, 0.05) is 16.8 Å². The van der Waals surface area contributed by atoms with Crippen molar-refractivity contribution < 1.29 is 9.59 Å². The summed E-state index contributed by atoms with van der Waals surface area (Å²) in [6.45, 7) is 2.48. The van der Waals surface area contributed by atoms with E-state index in [2.05, 4.69) is 23.5 Å². The molecule has 4 aromatic carbocycles. The molecular formula is C29H24N2O2. The Balaban J connectivity index is 1.38. The lowest BCUT2D eigenvalue weighted by Gasteiger charge is -2.31. The standard InChI is InChI=1S/C29H24N2O2/c1-20-17-22(16-15-21(20)18-28(32)30-24-10-3-2-4-11-24)29(33)31-19-23-9-5-6-12-25(23)26-13-7-8-14-27(26)31/h2-17H,18-19H2,1H3,(H,30,32). The quantitative estimate of drug-likeness (QED) is 0.430. The number of nitrogens with zero attached hydrogens (tertiary/aromatic N) is 1. The summed E-state index contributed by atoms with van der Waals surface area (Å²) in [6, 6.07) is 31.3. The van der Waals surface area contributed by atoms with Gasteiger partial charge in [0.2, 0.25) is 5.91 Å². The molecule has 0 fully saturated rings. The summed E-state index contributed by atoms with van der Waals surface area (Å²) in [5.41, 5.74) is 7.52. The molecule has 2 amide bonds.